The molecule has 37 heavy (non-hydrogen) atoms. The van der Waals surface area contributed by atoms with Gasteiger partial charge in [0.05, 0.1) is 36.3 Å². The van der Waals surface area contributed by atoms with Gasteiger partial charge >= 0.3 is 23.9 Å². The van der Waals surface area contributed by atoms with Gasteiger partial charge in [0, 0.05) is 25.3 Å². The van der Waals surface area contributed by atoms with Crippen molar-refractivity contribution in [1.29, 1.82) is 0 Å². The van der Waals surface area contributed by atoms with Crippen LogP contribution in [0.25, 0.3) is 11.0 Å². The molecule has 4 rings (SSSR count). The molecule has 1 atom stereocenters. The largest absolute Gasteiger partial charge is 0.465 e. The second-order valence-corrected chi connectivity index (χ2v) is 8.47. The maximum atomic E-state index is 14.7. The summed E-state index contributed by atoms with van der Waals surface area (Å²) in [7, 11) is 3.09. The first-order valence-electron chi connectivity index (χ1n) is 11.2. The number of halogens is 4. The zero-order valence-corrected chi connectivity index (χ0v) is 20.0. The van der Waals surface area contributed by atoms with Gasteiger partial charge in [-0.15, -0.1) is 0 Å². The number of rotatable bonds is 5. The van der Waals surface area contributed by atoms with Crippen LogP contribution in [0.5, 0.6) is 0 Å². The average molecular weight is 522 g/mol. The van der Waals surface area contributed by atoms with Crippen LogP contribution in [0.15, 0.2) is 41.2 Å². The molecule has 3 aromatic rings. The molecule has 1 aliphatic rings. The van der Waals surface area contributed by atoms with Crippen molar-refractivity contribution in [3.63, 3.8) is 0 Å². The number of imide groups is 1. The number of carbonyl (C=O) groups excluding carboxylic acids is 3. The van der Waals surface area contributed by atoms with Gasteiger partial charge in [-0.1, -0.05) is 12.1 Å². The van der Waals surface area contributed by atoms with E-state index in [1.807, 2.05) is 0 Å². The third-order valence-corrected chi connectivity index (χ3v) is 6.24. The van der Waals surface area contributed by atoms with Crippen molar-refractivity contribution in [2.45, 2.75) is 19.6 Å². The monoisotopic (exact) mass is 522 g/mol. The average Bonchev–Trinajstić information content (AvgIpc) is 3.05. The Labute approximate surface area is 207 Å². The van der Waals surface area contributed by atoms with E-state index in [1.54, 1.807) is 13.1 Å². The van der Waals surface area contributed by atoms with Crippen molar-refractivity contribution >= 4 is 34.6 Å². The molecule has 0 aliphatic carbocycles. The maximum absolute atomic E-state index is 14.7. The molecule has 1 unspecified atom stereocenters. The van der Waals surface area contributed by atoms with Crippen molar-refractivity contribution in [3.8, 4) is 0 Å². The fourth-order valence-electron chi connectivity index (χ4n) is 4.30. The van der Waals surface area contributed by atoms with Crippen LogP contribution in [0.2, 0.25) is 0 Å². The second-order valence-electron chi connectivity index (χ2n) is 8.47. The third kappa shape index (κ3) is 4.45. The van der Waals surface area contributed by atoms with Crippen LogP contribution >= 0.6 is 0 Å². The SMILES string of the molecule is CCOC(=O)C1CN(c2ccc3c(c2)n(C)c(=O)n3C)C(=O)N(Cc2cccc(C(F)(F)F)c2F)C1=O. The van der Waals surface area contributed by atoms with E-state index < -0.39 is 60.0 Å². The fourth-order valence-corrected chi connectivity index (χ4v) is 4.30. The zero-order valence-electron chi connectivity index (χ0n) is 20.0. The number of esters is 1. The maximum Gasteiger partial charge on any atom is 0.419 e. The summed E-state index contributed by atoms with van der Waals surface area (Å²) in [4.78, 5) is 53.0. The second kappa shape index (κ2) is 9.37. The van der Waals surface area contributed by atoms with E-state index in [4.69, 9.17) is 4.74 Å². The Morgan fingerprint density at radius 3 is 2.38 bits per heavy atom. The minimum atomic E-state index is -4.99. The lowest BCUT2D eigenvalue weighted by molar-refractivity contribution is -0.154. The Balaban J connectivity index is 1.78. The fraction of sp³-hybridized carbons (Fsp3) is 0.333. The first-order chi connectivity index (χ1) is 17.4. The summed E-state index contributed by atoms with van der Waals surface area (Å²) in [6, 6.07) is 6.15. The molecule has 0 saturated carbocycles. The number of aryl methyl sites for hydroxylation is 2. The van der Waals surface area contributed by atoms with Gasteiger partial charge < -0.3 is 4.74 Å². The molecule has 196 valence electrons. The summed E-state index contributed by atoms with van der Waals surface area (Å²) in [5.74, 6) is -5.08. The molecule has 0 bridgehead atoms. The molecule has 0 spiro atoms. The van der Waals surface area contributed by atoms with Crippen molar-refractivity contribution in [3.05, 3.63) is 63.8 Å². The number of alkyl halides is 3. The highest BCUT2D eigenvalue weighted by atomic mass is 19.4. The lowest BCUT2D eigenvalue weighted by Crippen LogP contribution is -2.58. The number of anilines is 1. The Morgan fingerprint density at radius 2 is 1.73 bits per heavy atom. The number of imidazole rings is 1. The molecule has 1 saturated heterocycles. The van der Waals surface area contributed by atoms with E-state index in [-0.39, 0.29) is 18.0 Å². The number of carbonyl (C=O) groups is 3. The summed E-state index contributed by atoms with van der Waals surface area (Å²) < 4.78 is 62.0. The van der Waals surface area contributed by atoms with E-state index in [1.165, 1.54) is 35.2 Å². The molecule has 1 aliphatic heterocycles. The summed E-state index contributed by atoms with van der Waals surface area (Å²) in [6.45, 7) is 0.209. The number of ether oxygens (including phenoxy) is 1. The predicted molar refractivity (Wildman–Crippen MR) is 123 cm³/mol. The topological polar surface area (TPSA) is 93.8 Å². The van der Waals surface area contributed by atoms with Gasteiger partial charge in [-0.25, -0.2) is 14.0 Å². The van der Waals surface area contributed by atoms with E-state index in [9.17, 15) is 36.7 Å². The van der Waals surface area contributed by atoms with Crippen LogP contribution in [0, 0.1) is 11.7 Å². The van der Waals surface area contributed by atoms with Crippen molar-refractivity contribution in [2.75, 3.05) is 18.1 Å². The van der Waals surface area contributed by atoms with Crippen LogP contribution in [0.4, 0.5) is 28.0 Å². The molecule has 0 radical (unpaired) electrons. The Morgan fingerprint density at radius 1 is 1.05 bits per heavy atom. The van der Waals surface area contributed by atoms with Crippen LogP contribution < -0.4 is 10.6 Å². The van der Waals surface area contributed by atoms with Crippen LogP contribution in [0.1, 0.15) is 18.1 Å². The van der Waals surface area contributed by atoms with E-state index in [2.05, 4.69) is 0 Å². The Bertz CT molecular complexity index is 1480. The summed E-state index contributed by atoms with van der Waals surface area (Å²) >= 11 is 0. The molecule has 0 N–H and O–H groups in total. The number of aromatic nitrogens is 2. The molecule has 13 heteroatoms. The normalized spacial score (nSPS) is 16.6. The highest BCUT2D eigenvalue weighted by Gasteiger charge is 2.45. The molecule has 1 aromatic heterocycles. The van der Waals surface area contributed by atoms with Gasteiger partial charge in [-0.2, -0.15) is 13.2 Å². The lowest BCUT2D eigenvalue weighted by atomic mass is 10.0. The smallest absolute Gasteiger partial charge is 0.419 e. The molecule has 9 nitrogen and oxygen atoms in total. The quantitative estimate of drug-likeness (QED) is 0.292. The van der Waals surface area contributed by atoms with Gasteiger partial charge in [-0.05, 0) is 31.2 Å². The van der Waals surface area contributed by atoms with Gasteiger partial charge in [0.2, 0.25) is 5.91 Å². The van der Waals surface area contributed by atoms with E-state index in [0.29, 0.717) is 22.0 Å². The number of hydrogen-bond donors (Lipinski definition) is 0. The molecular formula is C24H22F4N4O5. The van der Waals surface area contributed by atoms with E-state index >= 15 is 0 Å². The highest BCUT2D eigenvalue weighted by molar-refractivity contribution is 6.12. The van der Waals surface area contributed by atoms with E-state index in [0.717, 1.165) is 17.0 Å². The summed E-state index contributed by atoms with van der Waals surface area (Å²) in [6.07, 6.45) is -4.99. The first kappa shape index (κ1) is 25.9. The number of fused-ring (bicyclic) bond motifs is 1. The molecular weight excluding hydrogens is 500 g/mol. The Hall–Kier alpha value is -4.16. The highest BCUT2D eigenvalue weighted by Crippen LogP contribution is 2.34. The zero-order chi connectivity index (χ0) is 27.2. The van der Waals surface area contributed by atoms with Crippen molar-refractivity contribution < 1.29 is 36.7 Å². The van der Waals surface area contributed by atoms with Crippen LogP contribution in [-0.4, -0.2) is 45.1 Å². The van der Waals surface area contributed by atoms with Crippen molar-refractivity contribution in [2.24, 2.45) is 20.0 Å². The number of nitrogens with zero attached hydrogens (tertiary/aromatic N) is 4. The Kier molecular flexibility index (Phi) is 6.57. The minimum Gasteiger partial charge on any atom is -0.465 e. The summed E-state index contributed by atoms with van der Waals surface area (Å²) in [5.41, 5.74) is -1.19. The van der Waals surface area contributed by atoms with Crippen LogP contribution in [0.3, 0.4) is 0 Å². The standard InChI is InChI=1S/C24H22F4N4O5/c1-4-37-21(34)15-12-31(14-8-9-17-18(10-14)30(3)22(35)29(17)2)23(36)32(20(15)33)11-13-6-5-7-16(19(13)25)24(26,27)28/h5-10,15H,4,11-12H2,1-3H3. The number of benzene rings is 2. The predicted octanol–water partition coefficient (Wildman–Crippen LogP) is 3.18. The molecule has 2 aromatic carbocycles. The number of amides is 3. The number of urea groups is 1. The van der Waals surface area contributed by atoms with Crippen molar-refractivity contribution in [1.82, 2.24) is 14.0 Å². The minimum absolute atomic E-state index is 0.0586. The van der Waals surface area contributed by atoms with Gasteiger partial charge in [0.15, 0.2) is 5.92 Å². The van der Waals surface area contributed by atoms with Gasteiger partial charge in [-0.3, -0.25) is 28.5 Å². The molecule has 3 amide bonds. The van der Waals surface area contributed by atoms with Gasteiger partial charge in [0.1, 0.15) is 5.82 Å². The molecule has 2 heterocycles. The lowest BCUT2D eigenvalue weighted by Gasteiger charge is -2.37. The van der Waals surface area contributed by atoms with Gasteiger partial charge in [0.25, 0.3) is 0 Å². The third-order valence-electron chi connectivity index (χ3n) is 6.24. The first-order valence-corrected chi connectivity index (χ1v) is 11.2. The molecule has 1 fully saturated rings. The number of hydrogen-bond acceptors (Lipinski definition) is 5. The summed E-state index contributed by atoms with van der Waals surface area (Å²) in [5, 5.41) is 0. The van der Waals surface area contributed by atoms with Crippen LogP contribution in [-0.2, 0) is 41.1 Å².